The van der Waals surface area contributed by atoms with Gasteiger partial charge >= 0.3 is 5.97 Å². The largest absolute Gasteiger partial charge is 0.494 e. The van der Waals surface area contributed by atoms with Crippen LogP contribution in [0.5, 0.6) is 5.75 Å². The normalized spacial score (nSPS) is 17.6. The zero-order chi connectivity index (χ0) is 21.4. The number of amides is 2. The topological polar surface area (TPSA) is 84.9 Å². The van der Waals surface area contributed by atoms with Crippen LogP contribution in [0.1, 0.15) is 57.3 Å². The van der Waals surface area contributed by atoms with Gasteiger partial charge < -0.3 is 19.7 Å². The maximum atomic E-state index is 13.1. The number of rotatable bonds is 9. The lowest BCUT2D eigenvalue weighted by atomic mass is 10.1. The van der Waals surface area contributed by atoms with Gasteiger partial charge in [-0.25, -0.2) is 0 Å². The predicted octanol–water partition coefficient (Wildman–Crippen LogP) is 2.78. The number of piperazine rings is 1. The molecule has 1 aliphatic heterocycles. The average Bonchev–Trinajstić information content (AvgIpc) is 2.68. The number of carbonyl (C=O) groups is 3. The van der Waals surface area contributed by atoms with E-state index < -0.39 is 12.0 Å². The molecule has 1 heterocycles. The summed E-state index contributed by atoms with van der Waals surface area (Å²) in [6.07, 6.45) is 1.23. The van der Waals surface area contributed by atoms with Gasteiger partial charge in [-0.2, -0.15) is 0 Å². The highest BCUT2D eigenvalue weighted by atomic mass is 16.5. The second kappa shape index (κ2) is 10.8. The minimum Gasteiger partial charge on any atom is -0.494 e. The number of nitrogens with one attached hydrogen (secondary N) is 1. The molecule has 2 rings (SSSR count). The van der Waals surface area contributed by atoms with Gasteiger partial charge in [0.2, 0.25) is 5.91 Å². The second-order valence-electron chi connectivity index (χ2n) is 7.78. The van der Waals surface area contributed by atoms with Crippen LogP contribution in [0.15, 0.2) is 24.3 Å². The van der Waals surface area contributed by atoms with Crippen molar-refractivity contribution in [2.45, 2.75) is 59.1 Å². The molecule has 2 unspecified atom stereocenters. The first-order valence-electron chi connectivity index (χ1n) is 10.3. The summed E-state index contributed by atoms with van der Waals surface area (Å²) in [5.41, 5.74) is 0.432. The van der Waals surface area contributed by atoms with Gasteiger partial charge in [0.25, 0.3) is 5.91 Å². The van der Waals surface area contributed by atoms with Crippen LogP contribution in [0.3, 0.4) is 0 Å². The van der Waals surface area contributed by atoms with Crippen molar-refractivity contribution in [1.82, 2.24) is 10.2 Å². The molecule has 1 aromatic rings. The van der Waals surface area contributed by atoms with Gasteiger partial charge in [-0.1, -0.05) is 26.8 Å². The summed E-state index contributed by atoms with van der Waals surface area (Å²) in [7, 11) is 0. The fourth-order valence-corrected chi connectivity index (χ4v) is 2.97. The van der Waals surface area contributed by atoms with E-state index >= 15 is 0 Å². The first-order chi connectivity index (χ1) is 13.8. The fraction of sp³-hybridized carbons (Fsp3) is 0.591. The van der Waals surface area contributed by atoms with Gasteiger partial charge in [0.05, 0.1) is 19.1 Å². The molecule has 0 spiro atoms. The van der Waals surface area contributed by atoms with Crippen LogP contribution in [0, 0.1) is 5.92 Å². The number of nitrogens with zero attached hydrogens (tertiary/aromatic N) is 1. The number of ether oxygens (including phenoxy) is 2. The van der Waals surface area contributed by atoms with E-state index in [0.717, 1.165) is 6.42 Å². The first-order valence-corrected chi connectivity index (χ1v) is 10.3. The molecule has 0 saturated carbocycles. The molecule has 1 aliphatic rings. The van der Waals surface area contributed by atoms with E-state index in [0.29, 0.717) is 43.3 Å². The highest BCUT2D eigenvalue weighted by molar-refractivity contribution is 5.99. The molecule has 1 fully saturated rings. The van der Waals surface area contributed by atoms with E-state index in [2.05, 4.69) is 19.2 Å². The minimum atomic E-state index is -0.877. The van der Waals surface area contributed by atoms with Gasteiger partial charge in [0, 0.05) is 18.7 Å². The molecule has 7 heteroatoms. The van der Waals surface area contributed by atoms with Crippen molar-refractivity contribution in [1.29, 1.82) is 0 Å². The van der Waals surface area contributed by atoms with E-state index in [1.807, 2.05) is 6.92 Å². The third-order valence-electron chi connectivity index (χ3n) is 4.90. The number of hydrogen-bond donors (Lipinski definition) is 1. The Bertz CT molecular complexity index is 719. The molecule has 2 atom stereocenters. The van der Waals surface area contributed by atoms with Crippen LogP contribution in [0.25, 0.3) is 0 Å². The van der Waals surface area contributed by atoms with Crippen LogP contribution in [-0.2, 0) is 14.3 Å². The first kappa shape index (κ1) is 22.7. The van der Waals surface area contributed by atoms with Crippen LogP contribution < -0.4 is 10.1 Å². The number of hydrogen-bond acceptors (Lipinski definition) is 5. The number of benzene rings is 1. The van der Waals surface area contributed by atoms with Gasteiger partial charge in [-0.15, -0.1) is 0 Å². The van der Waals surface area contributed by atoms with Crippen molar-refractivity contribution < 1.29 is 23.9 Å². The van der Waals surface area contributed by atoms with Crippen LogP contribution in [-0.4, -0.2) is 54.5 Å². The molecule has 1 N–H and O–H groups in total. The Labute approximate surface area is 172 Å². The molecule has 0 bridgehead atoms. The Morgan fingerprint density at radius 3 is 2.72 bits per heavy atom. The molecule has 160 valence electrons. The molecular formula is C22H32N2O5. The van der Waals surface area contributed by atoms with E-state index in [1.165, 1.54) is 4.90 Å². The highest BCUT2D eigenvalue weighted by Gasteiger charge is 2.35. The summed E-state index contributed by atoms with van der Waals surface area (Å²) in [6.45, 7) is 9.22. The average molecular weight is 405 g/mol. The summed E-state index contributed by atoms with van der Waals surface area (Å²) < 4.78 is 11.0. The zero-order valence-corrected chi connectivity index (χ0v) is 17.8. The summed E-state index contributed by atoms with van der Waals surface area (Å²) in [6, 6.07) is 6.07. The maximum absolute atomic E-state index is 13.1. The summed E-state index contributed by atoms with van der Waals surface area (Å²) in [5, 5.41) is 2.73. The van der Waals surface area contributed by atoms with E-state index in [1.54, 1.807) is 31.2 Å². The van der Waals surface area contributed by atoms with Crippen molar-refractivity contribution in [3.8, 4) is 5.75 Å². The van der Waals surface area contributed by atoms with Crippen LogP contribution in [0.2, 0.25) is 0 Å². The number of esters is 1. The lowest BCUT2D eigenvalue weighted by Crippen LogP contribution is -2.57. The lowest BCUT2D eigenvalue weighted by molar-refractivity contribution is -0.151. The molecule has 0 aromatic heterocycles. The molecule has 0 aliphatic carbocycles. The van der Waals surface area contributed by atoms with Crippen molar-refractivity contribution in [2.75, 3.05) is 19.7 Å². The monoisotopic (exact) mass is 404 g/mol. The Morgan fingerprint density at radius 1 is 1.28 bits per heavy atom. The summed E-state index contributed by atoms with van der Waals surface area (Å²) in [5.74, 6) is 0.0313. The van der Waals surface area contributed by atoms with Crippen LogP contribution in [0.4, 0.5) is 0 Å². The smallest absolute Gasteiger partial charge is 0.308 e. The van der Waals surface area contributed by atoms with Gasteiger partial charge in [-0.05, 0) is 43.9 Å². The van der Waals surface area contributed by atoms with Crippen molar-refractivity contribution >= 4 is 17.8 Å². The molecular weight excluding hydrogens is 372 g/mol. The molecule has 1 saturated heterocycles. The van der Waals surface area contributed by atoms with E-state index in [9.17, 15) is 14.4 Å². The van der Waals surface area contributed by atoms with Crippen molar-refractivity contribution in [3.05, 3.63) is 29.8 Å². The van der Waals surface area contributed by atoms with Crippen molar-refractivity contribution in [3.63, 3.8) is 0 Å². The third-order valence-corrected chi connectivity index (χ3v) is 4.90. The predicted molar refractivity (Wildman–Crippen MR) is 110 cm³/mol. The second-order valence-corrected chi connectivity index (χ2v) is 7.78. The SMILES string of the molecule is CCC(C)OC(=O)CC1C(=O)NCCN1C(=O)c1cccc(OCCC(C)C)c1. The maximum Gasteiger partial charge on any atom is 0.308 e. The summed E-state index contributed by atoms with van der Waals surface area (Å²) in [4.78, 5) is 39.1. The molecule has 1 aromatic carbocycles. The van der Waals surface area contributed by atoms with E-state index in [4.69, 9.17) is 9.47 Å². The molecule has 7 nitrogen and oxygen atoms in total. The van der Waals surface area contributed by atoms with Gasteiger partial charge in [0.1, 0.15) is 11.8 Å². The zero-order valence-electron chi connectivity index (χ0n) is 17.8. The molecule has 29 heavy (non-hydrogen) atoms. The van der Waals surface area contributed by atoms with Gasteiger partial charge in [-0.3, -0.25) is 14.4 Å². The van der Waals surface area contributed by atoms with E-state index in [-0.39, 0.29) is 24.3 Å². The van der Waals surface area contributed by atoms with Crippen LogP contribution >= 0.6 is 0 Å². The third kappa shape index (κ3) is 6.76. The lowest BCUT2D eigenvalue weighted by Gasteiger charge is -2.34. The Kier molecular flexibility index (Phi) is 8.49. The number of carbonyl (C=O) groups excluding carboxylic acids is 3. The molecule has 0 radical (unpaired) electrons. The minimum absolute atomic E-state index is 0.160. The quantitative estimate of drug-likeness (QED) is 0.640. The highest BCUT2D eigenvalue weighted by Crippen LogP contribution is 2.19. The van der Waals surface area contributed by atoms with Gasteiger partial charge in [0.15, 0.2) is 0 Å². The fourth-order valence-electron chi connectivity index (χ4n) is 2.97. The summed E-state index contributed by atoms with van der Waals surface area (Å²) >= 11 is 0. The van der Waals surface area contributed by atoms with Crippen molar-refractivity contribution in [2.24, 2.45) is 5.92 Å². The Morgan fingerprint density at radius 2 is 2.03 bits per heavy atom. The molecule has 2 amide bonds. The Hall–Kier alpha value is -2.57. The standard InChI is InChI=1S/C22H32N2O5/c1-5-16(4)29-20(25)14-19-21(26)23-10-11-24(19)22(27)17-7-6-8-18(13-17)28-12-9-15(2)3/h6-8,13,15-16,19H,5,9-12,14H2,1-4H3,(H,23,26). The Balaban J connectivity index is 2.10.